The van der Waals surface area contributed by atoms with Gasteiger partial charge in [-0.1, -0.05) is 18.2 Å². The molecule has 3 nitrogen and oxygen atoms in total. The van der Waals surface area contributed by atoms with Gasteiger partial charge in [-0.15, -0.1) is 0 Å². The summed E-state index contributed by atoms with van der Waals surface area (Å²) in [4.78, 5) is 4.41. The van der Waals surface area contributed by atoms with E-state index in [-0.39, 0.29) is 5.92 Å². The van der Waals surface area contributed by atoms with E-state index in [1.54, 1.807) is 18.3 Å². The van der Waals surface area contributed by atoms with Gasteiger partial charge in [-0.25, -0.2) is 0 Å². The summed E-state index contributed by atoms with van der Waals surface area (Å²) in [6.45, 7) is 0. The second-order valence-corrected chi connectivity index (χ2v) is 4.87. The van der Waals surface area contributed by atoms with Crippen LogP contribution >= 0.6 is 0 Å². The van der Waals surface area contributed by atoms with Crippen LogP contribution in [0.3, 0.4) is 0 Å². The summed E-state index contributed by atoms with van der Waals surface area (Å²) in [6.07, 6.45) is 3.13. The van der Waals surface area contributed by atoms with Crippen LogP contribution in [0.2, 0.25) is 0 Å². The average molecular weight is 250 g/mol. The lowest BCUT2D eigenvalue weighted by Crippen LogP contribution is -2.09. The molecule has 3 rings (SSSR count). The second-order valence-electron chi connectivity index (χ2n) is 4.87. The van der Waals surface area contributed by atoms with Gasteiger partial charge in [-0.2, -0.15) is 5.26 Å². The molecule has 2 aromatic rings. The number of aliphatic hydroxyl groups excluding tert-OH is 1. The van der Waals surface area contributed by atoms with Gasteiger partial charge in [0.05, 0.1) is 17.7 Å². The van der Waals surface area contributed by atoms with Gasteiger partial charge in [0.25, 0.3) is 0 Å². The van der Waals surface area contributed by atoms with Crippen molar-refractivity contribution < 1.29 is 5.11 Å². The van der Waals surface area contributed by atoms with Crippen molar-refractivity contribution in [2.24, 2.45) is 0 Å². The van der Waals surface area contributed by atoms with Crippen molar-refractivity contribution in [2.75, 3.05) is 0 Å². The van der Waals surface area contributed by atoms with Crippen molar-refractivity contribution in [3.63, 3.8) is 0 Å². The zero-order valence-corrected chi connectivity index (χ0v) is 10.5. The van der Waals surface area contributed by atoms with E-state index in [9.17, 15) is 5.11 Å². The molecule has 0 saturated carbocycles. The first kappa shape index (κ1) is 11.9. The molecular weight excluding hydrogens is 236 g/mol. The molecule has 0 fully saturated rings. The standard InChI is InChI=1S/C16H14N2O/c17-10-11-3-5-13(6-4-11)16(19)14-8-7-12-2-1-9-18-15(12)14/h1-6,9,14,16,19H,7-8H2. The fourth-order valence-electron chi connectivity index (χ4n) is 2.74. The Kier molecular flexibility index (Phi) is 3.02. The summed E-state index contributed by atoms with van der Waals surface area (Å²) in [6, 6.07) is 13.2. The Balaban J connectivity index is 1.89. The van der Waals surface area contributed by atoms with Crippen molar-refractivity contribution in [1.29, 1.82) is 5.26 Å². The topological polar surface area (TPSA) is 56.9 Å². The number of aromatic nitrogens is 1. The molecule has 2 atom stereocenters. The molecule has 0 saturated heterocycles. The van der Waals surface area contributed by atoms with E-state index in [0.29, 0.717) is 5.56 Å². The minimum Gasteiger partial charge on any atom is -0.388 e. The normalized spacial score (nSPS) is 18.6. The van der Waals surface area contributed by atoms with Gasteiger partial charge in [0.1, 0.15) is 0 Å². The molecule has 0 amide bonds. The predicted octanol–water partition coefficient (Wildman–Crippen LogP) is 2.72. The Hall–Kier alpha value is -2.18. The molecule has 0 spiro atoms. The molecule has 1 heterocycles. The van der Waals surface area contributed by atoms with Crippen LogP contribution < -0.4 is 0 Å². The van der Waals surface area contributed by atoms with Gasteiger partial charge in [0, 0.05) is 17.8 Å². The molecule has 1 aromatic heterocycles. The highest BCUT2D eigenvalue weighted by Gasteiger charge is 2.30. The number of aliphatic hydroxyl groups is 1. The smallest absolute Gasteiger partial charge is 0.0991 e. The number of pyridine rings is 1. The van der Waals surface area contributed by atoms with Gasteiger partial charge in [-0.3, -0.25) is 4.98 Å². The summed E-state index contributed by atoms with van der Waals surface area (Å²) in [7, 11) is 0. The molecule has 0 bridgehead atoms. The summed E-state index contributed by atoms with van der Waals surface area (Å²) in [5, 5.41) is 19.3. The van der Waals surface area contributed by atoms with Crippen molar-refractivity contribution in [2.45, 2.75) is 24.9 Å². The number of nitriles is 1. The molecule has 19 heavy (non-hydrogen) atoms. The number of fused-ring (bicyclic) bond motifs is 1. The number of benzene rings is 1. The zero-order valence-electron chi connectivity index (χ0n) is 10.5. The SMILES string of the molecule is N#Cc1ccc(C(O)C2CCc3cccnc32)cc1. The number of hydrogen-bond donors (Lipinski definition) is 1. The summed E-state index contributed by atoms with van der Waals surface area (Å²) in [5.74, 6) is 0.0594. The lowest BCUT2D eigenvalue weighted by molar-refractivity contribution is 0.143. The van der Waals surface area contributed by atoms with Gasteiger partial charge in [-0.05, 0) is 42.2 Å². The minimum atomic E-state index is -0.552. The van der Waals surface area contributed by atoms with Crippen LogP contribution in [0.4, 0.5) is 0 Å². The predicted molar refractivity (Wildman–Crippen MR) is 71.4 cm³/mol. The quantitative estimate of drug-likeness (QED) is 0.891. The lowest BCUT2D eigenvalue weighted by atomic mass is 9.93. The number of rotatable bonds is 2. The summed E-state index contributed by atoms with van der Waals surface area (Å²) < 4.78 is 0. The third-order valence-corrected chi connectivity index (χ3v) is 3.76. The highest BCUT2D eigenvalue weighted by atomic mass is 16.3. The number of hydrogen-bond acceptors (Lipinski definition) is 3. The molecule has 3 heteroatoms. The van der Waals surface area contributed by atoms with E-state index < -0.39 is 6.10 Å². The highest BCUT2D eigenvalue weighted by molar-refractivity contribution is 5.36. The van der Waals surface area contributed by atoms with Gasteiger partial charge >= 0.3 is 0 Å². The van der Waals surface area contributed by atoms with E-state index in [1.165, 1.54) is 5.56 Å². The maximum atomic E-state index is 10.5. The number of aryl methyl sites for hydroxylation is 1. The lowest BCUT2D eigenvalue weighted by Gasteiger charge is -2.18. The number of nitrogens with zero attached hydrogens (tertiary/aromatic N) is 2. The molecule has 0 aliphatic heterocycles. The molecule has 1 aliphatic carbocycles. The van der Waals surface area contributed by atoms with Crippen LogP contribution in [0.15, 0.2) is 42.6 Å². The van der Waals surface area contributed by atoms with Crippen molar-refractivity contribution in [1.82, 2.24) is 4.98 Å². The minimum absolute atomic E-state index is 0.0594. The van der Waals surface area contributed by atoms with E-state index in [1.807, 2.05) is 18.2 Å². The van der Waals surface area contributed by atoms with E-state index in [0.717, 1.165) is 24.1 Å². The van der Waals surface area contributed by atoms with E-state index in [2.05, 4.69) is 17.1 Å². The molecule has 1 aliphatic rings. The highest BCUT2D eigenvalue weighted by Crippen LogP contribution is 2.40. The maximum absolute atomic E-state index is 10.5. The van der Waals surface area contributed by atoms with Crippen LogP contribution in [-0.2, 0) is 6.42 Å². The van der Waals surface area contributed by atoms with Crippen LogP contribution in [0.25, 0.3) is 0 Å². The zero-order chi connectivity index (χ0) is 13.2. The van der Waals surface area contributed by atoms with Crippen LogP contribution in [0.5, 0.6) is 0 Å². The molecule has 0 radical (unpaired) electrons. The molecule has 94 valence electrons. The van der Waals surface area contributed by atoms with Crippen LogP contribution in [0.1, 0.15) is 40.8 Å². The largest absolute Gasteiger partial charge is 0.388 e. The van der Waals surface area contributed by atoms with Gasteiger partial charge < -0.3 is 5.11 Å². The second kappa shape index (κ2) is 4.83. The Morgan fingerprint density at radius 3 is 2.79 bits per heavy atom. The first-order chi connectivity index (χ1) is 9.29. The fourth-order valence-corrected chi connectivity index (χ4v) is 2.74. The Labute approximate surface area is 112 Å². The maximum Gasteiger partial charge on any atom is 0.0991 e. The van der Waals surface area contributed by atoms with Crippen LogP contribution in [-0.4, -0.2) is 10.1 Å². The van der Waals surface area contributed by atoms with E-state index in [4.69, 9.17) is 5.26 Å². The Morgan fingerprint density at radius 1 is 1.26 bits per heavy atom. The van der Waals surface area contributed by atoms with Crippen molar-refractivity contribution >= 4 is 0 Å². The molecule has 1 aromatic carbocycles. The molecule has 1 N–H and O–H groups in total. The first-order valence-electron chi connectivity index (χ1n) is 6.41. The van der Waals surface area contributed by atoms with Gasteiger partial charge in [0.2, 0.25) is 0 Å². The summed E-state index contributed by atoms with van der Waals surface area (Å²) in [5.41, 5.74) is 3.71. The monoisotopic (exact) mass is 250 g/mol. The Morgan fingerprint density at radius 2 is 2.05 bits per heavy atom. The molecule has 2 unspecified atom stereocenters. The Bertz CT molecular complexity index is 628. The average Bonchev–Trinajstić information content (AvgIpc) is 2.90. The summed E-state index contributed by atoms with van der Waals surface area (Å²) >= 11 is 0. The van der Waals surface area contributed by atoms with Crippen molar-refractivity contribution in [3.05, 3.63) is 65.0 Å². The van der Waals surface area contributed by atoms with Crippen LogP contribution in [0, 0.1) is 11.3 Å². The fraction of sp³-hybridized carbons (Fsp3) is 0.250. The third kappa shape index (κ3) is 2.11. The van der Waals surface area contributed by atoms with Gasteiger partial charge in [0.15, 0.2) is 0 Å². The van der Waals surface area contributed by atoms with Crippen molar-refractivity contribution in [3.8, 4) is 6.07 Å². The molecular formula is C16H14N2O. The van der Waals surface area contributed by atoms with E-state index >= 15 is 0 Å². The first-order valence-corrected chi connectivity index (χ1v) is 6.41. The third-order valence-electron chi connectivity index (χ3n) is 3.76.